The molecule has 120 valence electrons. The van der Waals surface area contributed by atoms with Crippen molar-refractivity contribution in [2.45, 2.75) is 33.0 Å². The molecule has 0 aromatic carbocycles. The highest BCUT2D eigenvalue weighted by Gasteiger charge is 2.24. The number of nitrogens with zero attached hydrogens (tertiary/aromatic N) is 5. The molecular weight excluding hydrogens is 290 g/mol. The Morgan fingerprint density at radius 3 is 2.91 bits per heavy atom. The lowest BCUT2D eigenvalue weighted by Gasteiger charge is -2.27. The molecule has 6 heteroatoms. The minimum atomic E-state index is 0.366. The smallest absolute Gasteiger partial charge is 0.213 e. The normalized spacial score (nSPS) is 18.3. The number of hydrogen-bond acceptors (Lipinski definition) is 5. The highest BCUT2D eigenvalue weighted by molar-refractivity contribution is 5.28. The maximum Gasteiger partial charge on any atom is 0.213 e. The van der Waals surface area contributed by atoms with Gasteiger partial charge in [-0.3, -0.25) is 4.90 Å². The molecule has 0 bridgehead atoms. The average Bonchev–Trinajstić information content (AvgIpc) is 2.91. The molecule has 0 radical (unpaired) electrons. The van der Waals surface area contributed by atoms with E-state index in [1.54, 1.807) is 12.1 Å². The third-order valence-electron chi connectivity index (χ3n) is 4.17. The highest BCUT2D eigenvalue weighted by Crippen LogP contribution is 2.19. The van der Waals surface area contributed by atoms with Crippen molar-refractivity contribution in [3.8, 4) is 11.9 Å². The van der Waals surface area contributed by atoms with Crippen LogP contribution in [0, 0.1) is 17.2 Å². The summed E-state index contributed by atoms with van der Waals surface area (Å²) >= 11 is 0. The van der Waals surface area contributed by atoms with E-state index in [9.17, 15) is 0 Å². The van der Waals surface area contributed by atoms with Crippen LogP contribution in [0.2, 0.25) is 0 Å². The quantitative estimate of drug-likeness (QED) is 0.864. The van der Waals surface area contributed by atoms with Gasteiger partial charge in [0, 0.05) is 50.1 Å². The Morgan fingerprint density at radius 2 is 2.22 bits per heavy atom. The molecule has 0 N–H and O–H groups in total. The fourth-order valence-corrected chi connectivity index (χ4v) is 2.82. The van der Waals surface area contributed by atoms with E-state index in [0.717, 1.165) is 19.6 Å². The van der Waals surface area contributed by atoms with E-state index in [2.05, 4.69) is 39.4 Å². The minimum Gasteiger partial charge on any atom is -0.477 e. The van der Waals surface area contributed by atoms with Crippen molar-refractivity contribution in [2.24, 2.45) is 5.92 Å². The van der Waals surface area contributed by atoms with Gasteiger partial charge in [0.2, 0.25) is 5.88 Å². The molecule has 6 nitrogen and oxygen atoms in total. The summed E-state index contributed by atoms with van der Waals surface area (Å²) in [6.45, 7) is 7.83. The molecule has 0 aliphatic carbocycles. The molecule has 0 saturated carbocycles. The van der Waals surface area contributed by atoms with Crippen LogP contribution in [0.1, 0.15) is 25.1 Å². The molecular formula is C17H21N5O. The highest BCUT2D eigenvalue weighted by atomic mass is 16.5. The second kappa shape index (κ2) is 6.80. The summed E-state index contributed by atoms with van der Waals surface area (Å²) in [5.74, 6) is 0.931. The van der Waals surface area contributed by atoms with E-state index in [1.807, 2.05) is 12.5 Å². The van der Waals surface area contributed by atoms with Gasteiger partial charge in [-0.25, -0.2) is 9.97 Å². The summed E-state index contributed by atoms with van der Waals surface area (Å²) in [7, 11) is 0. The van der Waals surface area contributed by atoms with Gasteiger partial charge in [-0.15, -0.1) is 0 Å². The Labute approximate surface area is 136 Å². The Hall–Kier alpha value is -2.39. The standard InChI is InChI=1S/C17H21N5O/c1-13(2)21-8-15(9-22-12-19-7-16(22)10-21)11-23-17-4-3-14(5-18)6-20-17/h3-4,6-7,12-13,15H,8-11H2,1-2H3. The second-order valence-electron chi connectivity index (χ2n) is 6.23. The summed E-state index contributed by atoms with van der Waals surface area (Å²) in [6.07, 6.45) is 5.38. The summed E-state index contributed by atoms with van der Waals surface area (Å²) in [4.78, 5) is 10.9. The monoisotopic (exact) mass is 311 g/mol. The van der Waals surface area contributed by atoms with Gasteiger partial charge in [0.15, 0.2) is 0 Å². The van der Waals surface area contributed by atoms with Crippen LogP contribution in [0.25, 0.3) is 0 Å². The largest absolute Gasteiger partial charge is 0.477 e. The first kappa shape index (κ1) is 15.5. The van der Waals surface area contributed by atoms with Gasteiger partial charge in [-0.1, -0.05) is 0 Å². The summed E-state index contributed by atoms with van der Waals surface area (Å²) in [5, 5.41) is 8.80. The van der Waals surface area contributed by atoms with Crippen LogP contribution >= 0.6 is 0 Å². The zero-order valence-electron chi connectivity index (χ0n) is 13.5. The third-order valence-corrected chi connectivity index (χ3v) is 4.17. The zero-order chi connectivity index (χ0) is 16.2. The van der Waals surface area contributed by atoms with E-state index < -0.39 is 0 Å². The number of hydrogen-bond donors (Lipinski definition) is 0. The van der Waals surface area contributed by atoms with Crippen LogP contribution in [0.15, 0.2) is 30.9 Å². The molecule has 2 aromatic rings. The first-order valence-corrected chi connectivity index (χ1v) is 7.87. The molecule has 23 heavy (non-hydrogen) atoms. The van der Waals surface area contributed by atoms with Crippen LogP contribution in [0.4, 0.5) is 0 Å². The molecule has 1 aliphatic rings. The Morgan fingerprint density at radius 1 is 1.35 bits per heavy atom. The number of fused-ring (bicyclic) bond motifs is 1. The maximum atomic E-state index is 8.80. The number of rotatable bonds is 4. The SMILES string of the molecule is CC(C)N1Cc2cncn2CC(COc2ccc(C#N)cn2)C1. The molecule has 0 spiro atoms. The summed E-state index contributed by atoms with van der Waals surface area (Å²) in [6, 6.07) is 6.01. The van der Waals surface area contributed by atoms with Gasteiger partial charge < -0.3 is 9.30 Å². The number of nitriles is 1. The molecule has 0 amide bonds. The predicted molar refractivity (Wildman–Crippen MR) is 85.7 cm³/mol. The molecule has 1 unspecified atom stereocenters. The summed E-state index contributed by atoms with van der Waals surface area (Å²) < 4.78 is 8.05. The Balaban J connectivity index is 1.67. The zero-order valence-corrected chi connectivity index (χ0v) is 13.5. The van der Waals surface area contributed by atoms with Crippen molar-refractivity contribution in [2.75, 3.05) is 13.2 Å². The van der Waals surface area contributed by atoms with Crippen molar-refractivity contribution in [3.63, 3.8) is 0 Å². The van der Waals surface area contributed by atoms with Crippen LogP contribution in [-0.4, -0.2) is 38.6 Å². The Bertz CT molecular complexity index is 686. The lowest BCUT2D eigenvalue weighted by molar-refractivity contribution is 0.145. The molecule has 1 aliphatic heterocycles. The molecule has 2 aromatic heterocycles. The van der Waals surface area contributed by atoms with Crippen LogP contribution in [0.3, 0.4) is 0 Å². The molecule has 3 heterocycles. The first-order valence-electron chi connectivity index (χ1n) is 7.87. The maximum absolute atomic E-state index is 8.80. The van der Waals surface area contributed by atoms with Crippen LogP contribution < -0.4 is 4.74 Å². The van der Waals surface area contributed by atoms with Gasteiger partial charge in [0.25, 0.3) is 0 Å². The lowest BCUT2D eigenvalue weighted by Crippen LogP contribution is -2.35. The van der Waals surface area contributed by atoms with Crippen molar-refractivity contribution in [1.82, 2.24) is 19.4 Å². The number of aromatic nitrogens is 3. The van der Waals surface area contributed by atoms with E-state index in [-0.39, 0.29) is 0 Å². The van der Waals surface area contributed by atoms with E-state index in [1.165, 1.54) is 11.9 Å². The van der Waals surface area contributed by atoms with Gasteiger partial charge in [-0.2, -0.15) is 5.26 Å². The average molecular weight is 311 g/mol. The summed E-state index contributed by atoms with van der Waals surface area (Å²) in [5.41, 5.74) is 1.79. The van der Waals surface area contributed by atoms with Gasteiger partial charge in [-0.05, 0) is 19.9 Å². The lowest BCUT2D eigenvalue weighted by atomic mass is 10.1. The molecule has 1 atom stereocenters. The van der Waals surface area contributed by atoms with Crippen molar-refractivity contribution < 1.29 is 4.74 Å². The molecule has 0 fully saturated rings. The van der Waals surface area contributed by atoms with Crippen molar-refractivity contribution >= 4 is 0 Å². The fraction of sp³-hybridized carbons (Fsp3) is 0.471. The second-order valence-corrected chi connectivity index (χ2v) is 6.23. The van der Waals surface area contributed by atoms with Gasteiger partial charge >= 0.3 is 0 Å². The first-order chi connectivity index (χ1) is 11.2. The van der Waals surface area contributed by atoms with Crippen molar-refractivity contribution in [1.29, 1.82) is 5.26 Å². The Kier molecular flexibility index (Phi) is 4.58. The molecule has 3 rings (SSSR count). The minimum absolute atomic E-state index is 0.366. The van der Waals surface area contributed by atoms with Crippen LogP contribution in [-0.2, 0) is 13.1 Å². The predicted octanol–water partition coefficient (Wildman–Crippen LogP) is 2.07. The number of imidazole rings is 1. The van der Waals surface area contributed by atoms with Gasteiger partial charge in [0.05, 0.1) is 24.2 Å². The fourth-order valence-electron chi connectivity index (χ4n) is 2.82. The van der Waals surface area contributed by atoms with E-state index in [0.29, 0.717) is 30.0 Å². The van der Waals surface area contributed by atoms with E-state index >= 15 is 0 Å². The van der Waals surface area contributed by atoms with Crippen molar-refractivity contribution in [3.05, 3.63) is 42.1 Å². The third kappa shape index (κ3) is 3.69. The number of ether oxygens (including phenoxy) is 1. The topological polar surface area (TPSA) is 67.0 Å². The number of pyridine rings is 1. The van der Waals surface area contributed by atoms with Gasteiger partial charge in [0.1, 0.15) is 6.07 Å². The van der Waals surface area contributed by atoms with E-state index in [4.69, 9.17) is 10.00 Å². The molecule has 0 saturated heterocycles. The van der Waals surface area contributed by atoms with Crippen LogP contribution in [0.5, 0.6) is 5.88 Å².